The first-order valence-corrected chi connectivity index (χ1v) is 7.98. The van der Waals surface area contributed by atoms with E-state index in [1.165, 1.54) is 0 Å². The second kappa shape index (κ2) is 6.29. The molecule has 0 fully saturated rings. The zero-order valence-electron chi connectivity index (χ0n) is 12.7. The maximum atomic E-state index is 12.2. The average molecular weight is 332 g/mol. The Morgan fingerprint density at radius 2 is 2.26 bits per heavy atom. The van der Waals surface area contributed by atoms with E-state index in [1.54, 1.807) is 48.3 Å². The van der Waals surface area contributed by atoms with E-state index in [0.717, 1.165) is 10.4 Å². The van der Waals surface area contributed by atoms with Gasteiger partial charge >= 0.3 is 5.97 Å². The Morgan fingerprint density at radius 1 is 1.43 bits per heavy atom. The lowest BCUT2D eigenvalue weighted by Crippen LogP contribution is -2.35. The molecular formula is C16H16N2O4S. The zero-order valence-corrected chi connectivity index (χ0v) is 13.6. The second-order valence-corrected chi connectivity index (χ2v) is 6.14. The van der Waals surface area contributed by atoms with Gasteiger partial charge in [0.2, 0.25) is 0 Å². The monoisotopic (exact) mass is 332 g/mol. The van der Waals surface area contributed by atoms with Gasteiger partial charge in [0.1, 0.15) is 5.69 Å². The van der Waals surface area contributed by atoms with Crippen LogP contribution in [0.25, 0.3) is 11.1 Å². The summed E-state index contributed by atoms with van der Waals surface area (Å²) in [5, 5.41) is 4.69. The van der Waals surface area contributed by atoms with E-state index in [4.69, 9.17) is 9.15 Å². The summed E-state index contributed by atoms with van der Waals surface area (Å²) in [4.78, 5) is 25.3. The molecule has 0 saturated heterocycles. The van der Waals surface area contributed by atoms with Crippen molar-refractivity contribution in [3.05, 3.63) is 46.5 Å². The van der Waals surface area contributed by atoms with E-state index in [-0.39, 0.29) is 5.91 Å². The van der Waals surface area contributed by atoms with E-state index in [1.807, 2.05) is 17.5 Å². The Labute approximate surface area is 136 Å². The molecule has 0 radical (unpaired) electrons. The maximum Gasteiger partial charge on any atom is 0.355 e. The van der Waals surface area contributed by atoms with E-state index >= 15 is 0 Å². The van der Waals surface area contributed by atoms with Crippen LogP contribution in [0.5, 0.6) is 0 Å². The molecule has 3 aromatic heterocycles. The molecule has 6 nitrogen and oxygen atoms in total. The number of ether oxygens (including phenoxy) is 1. The van der Waals surface area contributed by atoms with Crippen molar-refractivity contribution in [3.8, 4) is 0 Å². The number of rotatable bonds is 5. The number of aromatic nitrogens is 1. The normalized spacial score (nSPS) is 12.3. The van der Waals surface area contributed by atoms with Crippen LogP contribution in [0.1, 0.15) is 22.3 Å². The number of esters is 1. The number of thiophene rings is 1. The molecule has 23 heavy (non-hydrogen) atoms. The number of nitrogens with one attached hydrogen (secondary N) is 1. The minimum absolute atomic E-state index is 0.329. The third-order valence-electron chi connectivity index (χ3n) is 3.54. The summed E-state index contributed by atoms with van der Waals surface area (Å²) in [6.07, 6.45) is 0.684. The van der Waals surface area contributed by atoms with Crippen molar-refractivity contribution in [2.75, 3.05) is 0 Å². The molecule has 3 rings (SSSR count). The minimum Gasteiger partial charge on any atom is -0.463 e. The number of fused-ring (bicyclic) bond motifs is 1. The summed E-state index contributed by atoms with van der Waals surface area (Å²) in [7, 11) is 1.75. The molecule has 0 bridgehead atoms. The molecule has 3 heterocycles. The Morgan fingerprint density at radius 3 is 2.96 bits per heavy atom. The molecule has 0 aliphatic heterocycles. The molecule has 7 heteroatoms. The fraction of sp³-hybridized carbons (Fsp3) is 0.250. The van der Waals surface area contributed by atoms with Gasteiger partial charge in [-0.3, -0.25) is 4.79 Å². The van der Waals surface area contributed by atoms with Crippen LogP contribution < -0.4 is 5.32 Å². The van der Waals surface area contributed by atoms with Gasteiger partial charge in [0, 0.05) is 24.1 Å². The largest absolute Gasteiger partial charge is 0.463 e. The Kier molecular flexibility index (Phi) is 4.20. The van der Waals surface area contributed by atoms with Crippen molar-refractivity contribution in [1.29, 1.82) is 0 Å². The number of carbonyl (C=O) groups is 2. The van der Waals surface area contributed by atoms with Gasteiger partial charge in [0.05, 0.1) is 18.3 Å². The Bertz CT molecular complexity index is 832. The molecule has 3 aromatic rings. The molecule has 0 aromatic carbocycles. The highest BCUT2D eigenvalue weighted by atomic mass is 32.1. The van der Waals surface area contributed by atoms with E-state index in [9.17, 15) is 9.59 Å². The van der Waals surface area contributed by atoms with Crippen molar-refractivity contribution >= 4 is 34.3 Å². The van der Waals surface area contributed by atoms with Crippen molar-refractivity contribution in [2.45, 2.75) is 19.6 Å². The van der Waals surface area contributed by atoms with Crippen LogP contribution in [-0.4, -0.2) is 22.5 Å². The van der Waals surface area contributed by atoms with Gasteiger partial charge in [-0.1, -0.05) is 6.07 Å². The molecule has 120 valence electrons. The van der Waals surface area contributed by atoms with Gasteiger partial charge in [0.15, 0.2) is 11.7 Å². The third-order valence-corrected chi connectivity index (χ3v) is 4.42. The summed E-state index contributed by atoms with van der Waals surface area (Å²) in [6, 6.07) is 7.22. The van der Waals surface area contributed by atoms with Gasteiger partial charge in [-0.25, -0.2) is 4.79 Å². The van der Waals surface area contributed by atoms with Crippen LogP contribution in [0.4, 0.5) is 0 Å². The third kappa shape index (κ3) is 3.14. The topological polar surface area (TPSA) is 73.5 Å². The summed E-state index contributed by atoms with van der Waals surface area (Å²) in [6.45, 7) is 1.98. The highest BCUT2D eigenvalue weighted by molar-refractivity contribution is 7.09. The van der Waals surface area contributed by atoms with Crippen LogP contribution in [0, 0.1) is 0 Å². The van der Waals surface area contributed by atoms with Gasteiger partial charge in [-0.05, 0) is 18.4 Å². The molecular weight excluding hydrogens is 316 g/mol. The molecule has 0 aliphatic carbocycles. The van der Waals surface area contributed by atoms with Crippen LogP contribution in [0.3, 0.4) is 0 Å². The fourth-order valence-corrected chi connectivity index (χ4v) is 2.90. The first-order valence-electron chi connectivity index (χ1n) is 7.10. The minimum atomic E-state index is -0.872. The highest BCUT2D eigenvalue weighted by Crippen LogP contribution is 2.20. The number of hydrogen-bond acceptors (Lipinski definition) is 5. The van der Waals surface area contributed by atoms with E-state index in [2.05, 4.69) is 5.32 Å². The lowest BCUT2D eigenvalue weighted by atomic mass is 10.3. The summed E-state index contributed by atoms with van der Waals surface area (Å²) in [5.74, 6) is -0.887. The van der Waals surface area contributed by atoms with Gasteiger partial charge in [-0.15, -0.1) is 11.3 Å². The predicted molar refractivity (Wildman–Crippen MR) is 86.2 cm³/mol. The van der Waals surface area contributed by atoms with Crippen molar-refractivity contribution in [2.24, 2.45) is 7.05 Å². The highest BCUT2D eigenvalue weighted by Gasteiger charge is 2.22. The smallest absolute Gasteiger partial charge is 0.355 e. The molecule has 1 N–H and O–H groups in total. The molecule has 1 atom stereocenters. The van der Waals surface area contributed by atoms with Crippen LogP contribution in [0.2, 0.25) is 0 Å². The van der Waals surface area contributed by atoms with Crippen molar-refractivity contribution in [1.82, 2.24) is 9.88 Å². The number of aryl methyl sites for hydroxylation is 1. The average Bonchev–Trinajstić information content (AvgIpc) is 3.23. The van der Waals surface area contributed by atoms with Crippen molar-refractivity contribution < 1.29 is 18.7 Å². The van der Waals surface area contributed by atoms with Gasteiger partial charge in [-0.2, -0.15) is 0 Å². The lowest BCUT2D eigenvalue weighted by molar-refractivity contribution is -0.129. The lowest BCUT2D eigenvalue weighted by Gasteiger charge is -2.13. The zero-order chi connectivity index (χ0) is 16.4. The van der Waals surface area contributed by atoms with Crippen molar-refractivity contribution in [3.63, 3.8) is 0 Å². The first kappa shape index (κ1) is 15.4. The number of furan rings is 1. The van der Waals surface area contributed by atoms with Gasteiger partial charge < -0.3 is 19.0 Å². The number of carbonyl (C=O) groups excluding carboxylic acids is 2. The standard InChI is InChI=1S/C16H16N2O4S/c1-10(15(19)17-9-11-4-3-7-23-11)22-16(20)13-8-14-12(18(13)2)5-6-21-14/h3-8,10H,9H2,1-2H3,(H,17,19). The Balaban J connectivity index is 1.61. The molecule has 0 spiro atoms. The SMILES string of the molecule is CC(OC(=O)c1cc2occc2n1C)C(=O)NCc1cccs1. The van der Waals surface area contributed by atoms with E-state index in [0.29, 0.717) is 17.8 Å². The Hall–Kier alpha value is -2.54. The van der Waals surface area contributed by atoms with E-state index < -0.39 is 12.1 Å². The van der Waals surface area contributed by atoms with Crippen LogP contribution in [0.15, 0.2) is 40.3 Å². The maximum absolute atomic E-state index is 12.2. The summed E-state index contributed by atoms with van der Waals surface area (Å²) in [5.41, 5.74) is 1.75. The molecule has 0 saturated carbocycles. The number of hydrogen-bond donors (Lipinski definition) is 1. The number of amides is 1. The fourth-order valence-electron chi connectivity index (χ4n) is 2.25. The summed E-state index contributed by atoms with van der Waals surface area (Å²) >= 11 is 1.56. The van der Waals surface area contributed by atoms with Gasteiger partial charge in [0.25, 0.3) is 5.91 Å². The van der Waals surface area contributed by atoms with Crippen LogP contribution >= 0.6 is 11.3 Å². The molecule has 1 amide bonds. The predicted octanol–water partition coefficient (Wildman–Crippen LogP) is 2.69. The van der Waals surface area contributed by atoms with Crippen LogP contribution in [-0.2, 0) is 23.1 Å². The summed E-state index contributed by atoms with van der Waals surface area (Å²) < 4.78 is 12.2. The molecule has 1 unspecified atom stereocenters. The second-order valence-electron chi connectivity index (χ2n) is 5.10. The quantitative estimate of drug-likeness (QED) is 0.729. The number of nitrogens with zero attached hydrogens (tertiary/aromatic N) is 1. The first-order chi connectivity index (χ1) is 11.1. The molecule has 0 aliphatic rings.